The van der Waals surface area contributed by atoms with E-state index in [0.717, 1.165) is 32.0 Å². The van der Waals surface area contributed by atoms with Gasteiger partial charge in [0.15, 0.2) is 0 Å². The number of nitrogens with zero attached hydrogens (tertiary/aromatic N) is 3. The van der Waals surface area contributed by atoms with Crippen LogP contribution in [-0.2, 0) is 0 Å². The summed E-state index contributed by atoms with van der Waals surface area (Å²) < 4.78 is 13.7. The molecule has 2 heterocycles. The quantitative estimate of drug-likeness (QED) is 0.777. The molecular weight excluding hydrogens is 261 g/mol. The second-order valence-corrected chi connectivity index (χ2v) is 4.60. The van der Waals surface area contributed by atoms with E-state index in [1.165, 1.54) is 12.3 Å². The van der Waals surface area contributed by atoms with E-state index in [2.05, 4.69) is 37.8 Å². The maximum atomic E-state index is 13.3. The van der Waals surface area contributed by atoms with E-state index < -0.39 is 0 Å². The normalized spacial score (nSPS) is 18.2. The fraction of sp³-hybridized carbons (Fsp3) is 0.500. The summed E-state index contributed by atoms with van der Waals surface area (Å²) in [6, 6.07) is 1.48. The molecule has 0 aliphatic carbocycles. The summed E-state index contributed by atoms with van der Waals surface area (Å²) in [5.74, 6) is 0.475. The molecular formula is C10H13BrFN3. The molecule has 0 unspecified atom stereocenters. The van der Waals surface area contributed by atoms with Gasteiger partial charge >= 0.3 is 0 Å². The molecule has 1 aromatic rings. The van der Waals surface area contributed by atoms with Gasteiger partial charge in [-0.3, -0.25) is 0 Å². The Kier molecular flexibility index (Phi) is 3.21. The Labute approximate surface area is 97.0 Å². The van der Waals surface area contributed by atoms with Crippen LogP contribution in [0.4, 0.5) is 10.2 Å². The standard InChI is InChI=1S/C10H13BrFN3/c1-14-2-4-15(5-3-14)10-6-9(12)8(11)7-13-10/h6-7H,2-5H2,1H3. The maximum absolute atomic E-state index is 13.3. The average molecular weight is 274 g/mol. The first-order valence-electron chi connectivity index (χ1n) is 4.91. The van der Waals surface area contributed by atoms with Crippen molar-refractivity contribution in [2.45, 2.75) is 0 Å². The summed E-state index contributed by atoms with van der Waals surface area (Å²) in [7, 11) is 2.09. The highest BCUT2D eigenvalue weighted by molar-refractivity contribution is 9.10. The molecule has 15 heavy (non-hydrogen) atoms. The molecule has 0 bridgehead atoms. The van der Waals surface area contributed by atoms with E-state index in [1.54, 1.807) is 0 Å². The van der Waals surface area contributed by atoms with E-state index in [9.17, 15) is 4.39 Å². The fourth-order valence-electron chi connectivity index (χ4n) is 1.61. The van der Waals surface area contributed by atoms with Gasteiger partial charge in [0, 0.05) is 38.4 Å². The van der Waals surface area contributed by atoms with Gasteiger partial charge in [-0.15, -0.1) is 0 Å². The molecule has 0 N–H and O–H groups in total. The first kappa shape index (κ1) is 10.8. The van der Waals surface area contributed by atoms with Crippen molar-refractivity contribution in [1.29, 1.82) is 0 Å². The zero-order valence-corrected chi connectivity index (χ0v) is 10.2. The smallest absolute Gasteiger partial charge is 0.142 e. The van der Waals surface area contributed by atoms with Crippen molar-refractivity contribution >= 4 is 21.7 Å². The van der Waals surface area contributed by atoms with E-state index in [1.807, 2.05) is 0 Å². The molecule has 1 fully saturated rings. The minimum absolute atomic E-state index is 0.251. The SMILES string of the molecule is CN1CCN(c2cc(F)c(Br)cn2)CC1. The largest absolute Gasteiger partial charge is 0.354 e. The topological polar surface area (TPSA) is 19.4 Å². The second kappa shape index (κ2) is 4.45. The van der Waals surface area contributed by atoms with Crippen molar-refractivity contribution in [3.63, 3.8) is 0 Å². The van der Waals surface area contributed by atoms with Gasteiger partial charge in [-0.2, -0.15) is 0 Å². The van der Waals surface area contributed by atoms with Crippen molar-refractivity contribution in [3.8, 4) is 0 Å². The molecule has 0 saturated carbocycles. The van der Waals surface area contributed by atoms with Gasteiger partial charge in [-0.25, -0.2) is 9.37 Å². The zero-order chi connectivity index (χ0) is 10.8. The van der Waals surface area contributed by atoms with Gasteiger partial charge in [-0.05, 0) is 23.0 Å². The molecule has 0 radical (unpaired) electrons. The van der Waals surface area contributed by atoms with Crippen LogP contribution in [0.5, 0.6) is 0 Å². The highest BCUT2D eigenvalue weighted by atomic mass is 79.9. The zero-order valence-electron chi connectivity index (χ0n) is 8.58. The lowest BCUT2D eigenvalue weighted by Crippen LogP contribution is -2.44. The monoisotopic (exact) mass is 273 g/mol. The summed E-state index contributed by atoms with van der Waals surface area (Å²) in [4.78, 5) is 8.57. The number of hydrogen-bond acceptors (Lipinski definition) is 3. The number of halogens is 2. The van der Waals surface area contributed by atoms with Crippen LogP contribution in [0.2, 0.25) is 0 Å². The van der Waals surface area contributed by atoms with Crippen LogP contribution in [0, 0.1) is 5.82 Å². The highest BCUT2D eigenvalue weighted by Gasteiger charge is 2.16. The third kappa shape index (κ3) is 2.46. The van der Waals surface area contributed by atoms with Gasteiger partial charge in [0.05, 0.1) is 4.47 Å². The van der Waals surface area contributed by atoms with Crippen LogP contribution in [0.25, 0.3) is 0 Å². The Hall–Kier alpha value is -0.680. The van der Waals surface area contributed by atoms with Crippen LogP contribution >= 0.6 is 15.9 Å². The summed E-state index contributed by atoms with van der Waals surface area (Å²) in [5, 5.41) is 0. The third-order valence-corrected chi connectivity index (χ3v) is 3.20. The number of aromatic nitrogens is 1. The van der Waals surface area contributed by atoms with Gasteiger partial charge < -0.3 is 9.80 Å². The van der Waals surface area contributed by atoms with E-state index in [4.69, 9.17) is 0 Å². The second-order valence-electron chi connectivity index (χ2n) is 3.75. The van der Waals surface area contributed by atoms with Crippen LogP contribution in [-0.4, -0.2) is 43.1 Å². The average Bonchev–Trinajstić information content (AvgIpc) is 2.23. The Bertz CT molecular complexity index is 351. The van der Waals surface area contributed by atoms with Crippen LogP contribution < -0.4 is 4.90 Å². The summed E-state index contributed by atoms with van der Waals surface area (Å²) in [5.41, 5.74) is 0. The molecule has 1 aliphatic heterocycles. The van der Waals surface area contributed by atoms with Crippen molar-refractivity contribution in [1.82, 2.24) is 9.88 Å². The van der Waals surface area contributed by atoms with Gasteiger partial charge in [0.2, 0.25) is 0 Å². The van der Waals surface area contributed by atoms with Gasteiger partial charge in [0.1, 0.15) is 11.6 Å². The van der Waals surface area contributed by atoms with Crippen LogP contribution in [0.3, 0.4) is 0 Å². The number of anilines is 1. The van der Waals surface area contributed by atoms with E-state index >= 15 is 0 Å². The number of pyridine rings is 1. The molecule has 1 saturated heterocycles. The summed E-state index contributed by atoms with van der Waals surface area (Å²) in [6.07, 6.45) is 1.52. The minimum Gasteiger partial charge on any atom is -0.354 e. The fourth-order valence-corrected chi connectivity index (χ4v) is 1.83. The molecule has 5 heteroatoms. The Balaban J connectivity index is 2.12. The molecule has 82 valence electrons. The number of likely N-dealkylation sites (N-methyl/N-ethyl adjacent to an activating group) is 1. The van der Waals surface area contributed by atoms with Crippen molar-refractivity contribution in [3.05, 3.63) is 22.6 Å². The predicted molar refractivity (Wildman–Crippen MR) is 61.6 cm³/mol. The highest BCUT2D eigenvalue weighted by Crippen LogP contribution is 2.20. The van der Waals surface area contributed by atoms with E-state index in [0.29, 0.717) is 4.47 Å². The van der Waals surface area contributed by atoms with Gasteiger partial charge in [-0.1, -0.05) is 0 Å². The lowest BCUT2D eigenvalue weighted by Gasteiger charge is -2.33. The lowest BCUT2D eigenvalue weighted by molar-refractivity contribution is 0.312. The molecule has 3 nitrogen and oxygen atoms in total. The molecule has 1 aromatic heterocycles. The Morgan fingerprint density at radius 3 is 2.60 bits per heavy atom. The summed E-state index contributed by atoms with van der Waals surface area (Å²) >= 11 is 3.10. The summed E-state index contributed by atoms with van der Waals surface area (Å²) in [6.45, 7) is 3.81. The minimum atomic E-state index is -0.251. The maximum Gasteiger partial charge on any atom is 0.142 e. The molecule has 1 aliphatic rings. The van der Waals surface area contributed by atoms with Crippen molar-refractivity contribution < 1.29 is 4.39 Å². The number of piperazine rings is 1. The van der Waals surface area contributed by atoms with Crippen LogP contribution in [0.15, 0.2) is 16.7 Å². The first-order valence-corrected chi connectivity index (χ1v) is 5.70. The molecule has 0 aromatic carbocycles. The molecule has 0 spiro atoms. The van der Waals surface area contributed by atoms with E-state index in [-0.39, 0.29) is 5.82 Å². The predicted octanol–water partition coefficient (Wildman–Crippen LogP) is 1.74. The van der Waals surface area contributed by atoms with Gasteiger partial charge in [0.25, 0.3) is 0 Å². The third-order valence-electron chi connectivity index (χ3n) is 2.62. The van der Waals surface area contributed by atoms with Crippen molar-refractivity contribution in [2.24, 2.45) is 0 Å². The van der Waals surface area contributed by atoms with Crippen molar-refractivity contribution in [2.75, 3.05) is 38.1 Å². The number of rotatable bonds is 1. The Morgan fingerprint density at radius 2 is 2.00 bits per heavy atom. The molecule has 0 amide bonds. The lowest BCUT2D eigenvalue weighted by atomic mass is 10.3. The number of hydrogen-bond donors (Lipinski definition) is 0. The first-order chi connectivity index (χ1) is 7.16. The molecule has 0 atom stereocenters. The van der Waals surface area contributed by atoms with Crippen LogP contribution in [0.1, 0.15) is 0 Å². The Morgan fingerprint density at radius 1 is 1.33 bits per heavy atom. The molecule has 2 rings (SSSR count).